The molecule has 0 bridgehead atoms. The highest BCUT2D eigenvalue weighted by atomic mass is 19.4. The predicted molar refractivity (Wildman–Crippen MR) is 153 cm³/mol. The van der Waals surface area contributed by atoms with Crippen molar-refractivity contribution in [3.8, 4) is 17.6 Å². The molecule has 3 aromatic heterocycles. The van der Waals surface area contributed by atoms with Crippen molar-refractivity contribution in [3.05, 3.63) is 83.4 Å². The first kappa shape index (κ1) is 28.9. The molecule has 5 rings (SSSR count). The molecule has 9 nitrogen and oxygen atoms in total. The highest BCUT2D eigenvalue weighted by Crippen LogP contribution is 2.34. The van der Waals surface area contributed by atoms with Crippen molar-refractivity contribution in [1.29, 1.82) is 0 Å². The second kappa shape index (κ2) is 12.5. The van der Waals surface area contributed by atoms with Crippen LogP contribution in [0.25, 0.3) is 5.65 Å². The standard InChI is InChI=1S/C30H30F3N7O2/c1-3-38-12-14-39(15-13-38)19-22-5-6-23(17-26(22)30(31,32)33)36-29(41)37-27-16-21(10-11-34-27)4-7-24-18-35-28-9-8-25(42-2)20-40(24)28/h5-6,8-11,16-18,20H,3,12-15,19H2,1-2H3,(H2,34,36,37,41). The van der Waals surface area contributed by atoms with Crippen LogP contribution in [0.3, 0.4) is 0 Å². The van der Waals surface area contributed by atoms with Gasteiger partial charge in [0.25, 0.3) is 0 Å². The lowest BCUT2D eigenvalue weighted by Crippen LogP contribution is -2.45. The van der Waals surface area contributed by atoms with Gasteiger partial charge in [0.05, 0.1) is 25.1 Å². The molecule has 0 aliphatic carbocycles. The minimum absolute atomic E-state index is 0.0263. The molecule has 4 heterocycles. The van der Waals surface area contributed by atoms with Crippen LogP contribution >= 0.6 is 0 Å². The predicted octanol–water partition coefficient (Wildman–Crippen LogP) is 4.94. The number of piperazine rings is 1. The average Bonchev–Trinajstić information content (AvgIpc) is 3.39. The van der Waals surface area contributed by atoms with E-state index in [0.717, 1.165) is 25.7 Å². The van der Waals surface area contributed by atoms with E-state index < -0.39 is 17.8 Å². The topological polar surface area (TPSA) is 87.0 Å². The van der Waals surface area contributed by atoms with Gasteiger partial charge in [-0.25, -0.2) is 14.8 Å². The number of likely N-dealkylation sites (N-methyl/N-ethyl adjacent to an activating group) is 1. The summed E-state index contributed by atoms with van der Waals surface area (Å²) in [7, 11) is 1.58. The van der Waals surface area contributed by atoms with Crippen LogP contribution in [0, 0.1) is 11.8 Å². The number of amides is 2. The van der Waals surface area contributed by atoms with E-state index >= 15 is 0 Å². The zero-order chi connectivity index (χ0) is 29.7. The lowest BCUT2D eigenvalue weighted by molar-refractivity contribution is -0.138. The molecule has 12 heteroatoms. The molecule has 1 aliphatic rings. The van der Waals surface area contributed by atoms with Gasteiger partial charge in [0.2, 0.25) is 0 Å². The summed E-state index contributed by atoms with van der Waals surface area (Å²) in [5.41, 5.74) is 1.36. The van der Waals surface area contributed by atoms with E-state index in [2.05, 4.69) is 44.3 Å². The molecule has 0 atom stereocenters. The fourth-order valence-corrected chi connectivity index (χ4v) is 4.73. The fraction of sp³-hybridized carbons (Fsp3) is 0.300. The summed E-state index contributed by atoms with van der Waals surface area (Å²) < 4.78 is 48.9. The van der Waals surface area contributed by atoms with Crippen LogP contribution < -0.4 is 15.4 Å². The summed E-state index contributed by atoms with van der Waals surface area (Å²) in [6.45, 7) is 6.26. The number of carbonyl (C=O) groups is 1. The molecule has 0 unspecified atom stereocenters. The lowest BCUT2D eigenvalue weighted by Gasteiger charge is -2.34. The van der Waals surface area contributed by atoms with E-state index in [1.807, 2.05) is 11.0 Å². The molecule has 2 N–H and O–H groups in total. The number of imidazole rings is 1. The van der Waals surface area contributed by atoms with Gasteiger partial charge in [-0.3, -0.25) is 14.6 Å². The number of hydrogen-bond acceptors (Lipinski definition) is 6. The quantitative estimate of drug-likeness (QED) is 0.316. The van der Waals surface area contributed by atoms with Gasteiger partial charge in [-0.1, -0.05) is 18.9 Å². The summed E-state index contributed by atoms with van der Waals surface area (Å²) >= 11 is 0. The number of pyridine rings is 2. The fourth-order valence-electron chi connectivity index (χ4n) is 4.73. The smallest absolute Gasteiger partial charge is 0.416 e. The molecule has 4 aromatic rings. The van der Waals surface area contributed by atoms with Crippen molar-refractivity contribution in [2.75, 3.05) is 50.5 Å². The number of aromatic nitrogens is 3. The Morgan fingerprint density at radius 3 is 2.52 bits per heavy atom. The SMILES string of the molecule is CCN1CCN(Cc2ccc(NC(=O)Nc3cc(C#Cc4cnc5ccc(OC)cn45)ccn3)cc2C(F)(F)F)CC1. The Morgan fingerprint density at radius 2 is 1.79 bits per heavy atom. The third kappa shape index (κ3) is 6.99. The van der Waals surface area contributed by atoms with Crippen LogP contribution in [0.2, 0.25) is 0 Å². The first-order valence-electron chi connectivity index (χ1n) is 13.4. The third-order valence-corrected chi connectivity index (χ3v) is 7.03. The first-order chi connectivity index (χ1) is 20.2. The maximum absolute atomic E-state index is 13.9. The molecule has 218 valence electrons. The van der Waals surface area contributed by atoms with Crippen LogP contribution in [0.4, 0.5) is 29.5 Å². The maximum Gasteiger partial charge on any atom is 0.416 e. The minimum atomic E-state index is -4.56. The Labute approximate surface area is 241 Å². The number of carbonyl (C=O) groups excluding carboxylic acids is 1. The third-order valence-electron chi connectivity index (χ3n) is 7.03. The first-order valence-corrected chi connectivity index (χ1v) is 13.4. The van der Waals surface area contributed by atoms with Crippen molar-refractivity contribution < 1.29 is 22.7 Å². The number of ether oxygens (including phenoxy) is 1. The van der Waals surface area contributed by atoms with Gasteiger partial charge in [-0.2, -0.15) is 13.2 Å². The van der Waals surface area contributed by atoms with E-state index in [0.29, 0.717) is 35.7 Å². The molecule has 0 radical (unpaired) electrons. The Kier molecular flexibility index (Phi) is 8.61. The number of hydrogen-bond donors (Lipinski definition) is 2. The number of fused-ring (bicyclic) bond motifs is 1. The normalized spacial score (nSPS) is 14.3. The number of nitrogens with zero attached hydrogens (tertiary/aromatic N) is 5. The maximum atomic E-state index is 13.9. The number of nitrogens with one attached hydrogen (secondary N) is 2. The van der Waals surface area contributed by atoms with Gasteiger partial charge in [0.15, 0.2) is 0 Å². The highest BCUT2D eigenvalue weighted by molar-refractivity contribution is 5.99. The molecule has 2 amide bonds. The number of rotatable bonds is 6. The zero-order valence-corrected chi connectivity index (χ0v) is 23.2. The largest absolute Gasteiger partial charge is 0.495 e. The number of alkyl halides is 3. The van der Waals surface area contributed by atoms with Gasteiger partial charge in [0, 0.05) is 50.2 Å². The van der Waals surface area contributed by atoms with Gasteiger partial charge in [-0.15, -0.1) is 0 Å². The molecule has 1 saturated heterocycles. The van der Waals surface area contributed by atoms with E-state index in [9.17, 15) is 18.0 Å². The summed E-state index contributed by atoms with van der Waals surface area (Å²) in [6, 6.07) is 10.0. The molecule has 1 aromatic carbocycles. The lowest BCUT2D eigenvalue weighted by atomic mass is 10.0. The van der Waals surface area contributed by atoms with Crippen LogP contribution in [0.15, 0.2) is 61.1 Å². The Hall–Kier alpha value is -4.60. The number of methoxy groups -OCH3 is 1. The van der Waals surface area contributed by atoms with Crippen LogP contribution in [-0.4, -0.2) is 70.0 Å². The summed E-state index contributed by atoms with van der Waals surface area (Å²) in [4.78, 5) is 25.4. The number of anilines is 2. The number of halogens is 3. The Morgan fingerprint density at radius 1 is 1.00 bits per heavy atom. The molecule has 42 heavy (non-hydrogen) atoms. The van der Waals surface area contributed by atoms with Gasteiger partial charge in [0.1, 0.15) is 22.9 Å². The van der Waals surface area contributed by atoms with Crippen molar-refractivity contribution in [3.63, 3.8) is 0 Å². The molecule has 0 saturated carbocycles. The van der Waals surface area contributed by atoms with Crippen molar-refractivity contribution in [2.45, 2.75) is 19.6 Å². The monoisotopic (exact) mass is 577 g/mol. The Bertz CT molecular complexity index is 1630. The molecule has 1 aliphatic heterocycles. The molecule has 1 fully saturated rings. The Balaban J connectivity index is 1.25. The van der Waals surface area contributed by atoms with E-state index in [1.54, 1.807) is 42.1 Å². The summed E-state index contributed by atoms with van der Waals surface area (Å²) in [5, 5.41) is 5.04. The van der Waals surface area contributed by atoms with Gasteiger partial charge < -0.3 is 15.0 Å². The molecule has 0 spiro atoms. The van der Waals surface area contributed by atoms with E-state index in [-0.39, 0.29) is 23.6 Å². The number of urea groups is 1. The van der Waals surface area contributed by atoms with Crippen molar-refractivity contribution in [2.24, 2.45) is 0 Å². The zero-order valence-electron chi connectivity index (χ0n) is 23.2. The van der Waals surface area contributed by atoms with E-state index in [1.165, 1.54) is 18.3 Å². The second-order valence-electron chi connectivity index (χ2n) is 9.78. The molecular formula is C30H30F3N7O2. The average molecular weight is 578 g/mol. The highest BCUT2D eigenvalue weighted by Gasteiger charge is 2.34. The second-order valence-corrected chi connectivity index (χ2v) is 9.78. The molecular weight excluding hydrogens is 547 g/mol. The van der Waals surface area contributed by atoms with Crippen molar-refractivity contribution >= 4 is 23.2 Å². The van der Waals surface area contributed by atoms with Crippen LogP contribution in [-0.2, 0) is 12.7 Å². The van der Waals surface area contributed by atoms with E-state index in [4.69, 9.17) is 4.74 Å². The summed E-state index contributed by atoms with van der Waals surface area (Å²) in [6.07, 6.45) is 0.340. The van der Waals surface area contributed by atoms with Crippen LogP contribution in [0.1, 0.15) is 29.3 Å². The van der Waals surface area contributed by atoms with Crippen molar-refractivity contribution in [1.82, 2.24) is 24.2 Å². The summed E-state index contributed by atoms with van der Waals surface area (Å²) in [5.74, 6) is 6.91. The van der Waals surface area contributed by atoms with Crippen LogP contribution in [0.5, 0.6) is 5.75 Å². The van der Waals surface area contributed by atoms with Gasteiger partial charge >= 0.3 is 12.2 Å². The van der Waals surface area contributed by atoms with Gasteiger partial charge in [-0.05, 0) is 54.4 Å². The minimum Gasteiger partial charge on any atom is -0.495 e. The number of benzene rings is 1.